The molecule has 4 heteroatoms. The molecule has 0 saturated heterocycles. The molecule has 0 radical (unpaired) electrons. The highest BCUT2D eigenvalue weighted by Gasteiger charge is 2.24. The summed E-state index contributed by atoms with van der Waals surface area (Å²) in [6.07, 6.45) is 1.77. The second kappa shape index (κ2) is 4.51. The molecule has 2 rings (SSSR count). The number of amidine groups is 1. The first-order valence-corrected chi connectivity index (χ1v) is 5.54. The van der Waals surface area contributed by atoms with Gasteiger partial charge in [0.05, 0.1) is 6.04 Å². The van der Waals surface area contributed by atoms with Crippen molar-refractivity contribution >= 4 is 11.8 Å². The van der Waals surface area contributed by atoms with Gasteiger partial charge in [0.15, 0.2) is 0 Å². The van der Waals surface area contributed by atoms with Gasteiger partial charge in [0, 0.05) is 13.2 Å². The third-order valence-electron chi connectivity index (χ3n) is 2.71. The molecular weight excluding hydrogens is 202 g/mol. The Labute approximate surface area is 96.0 Å². The van der Waals surface area contributed by atoms with Crippen LogP contribution in [-0.4, -0.2) is 30.7 Å². The Morgan fingerprint density at radius 2 is 2.25 bits per heavy atom. The van der Waals surface area contributed by atoms with Crippen molar-refractivity contribution in [3.8, 4) is 0 Å². The van der Waals surface area contributed by atoms with Gasteiger partial charge in [-0.1, -0.05) is 19.9 Å². The molecule has 1 aliphatic rings. The van der Waals surface area contributed by atoms with E-state index in [2.05, 4.69) is 23.8 Å². The fraction of sp³-hybridized carbons (Fsp3) is 0.500. The monoisotopic (exact) mass is 219 g/mol. The third-order valence-corrected chi connectivity index (χ3v) is 2.71. The molecule has 1 aliphatic heterocycles. The highest BCUT2D eigenvalue weighted by molar-refractivity contribution is 5.91. The molecule has 0 saturated carbocycles. The van der Waals surface area contributed by atoms with Crippen molar-refractivity contribution in [2.75, 3.05) is 18.6 Å². The molecule has 0 N–H and O–H groups in total. The second-order valence-electron chi connectivity index (χ2n) is 4.28. The second-order valence-corrected chi connectivity index (χ2v) is 4.28. The molecule has 1 aromatic rings. The summed E-state index contributed by atoms with van der Waals surface area (Å²) in [4.78, 5) is 10.7. The minimum Gasteiger partial charge on any atom is -0.463 e. The number of aliphatic imine (C=N–C) groups is 1. The van der Waals surface area contributed by atoms with Gasteiger partial charge in [0.1, 0.15) is 12.4 Å². The zero-order valence-electron chi connectivity index (χ0n) is 9.92. The molecule has 1 aromatic heterocycles. The molecule has 0 unspecified atom stereocenters. The first kappa shape index (κ1) is 10.9. The fourth-order valence-electron chi connectivity index (χ4n) is 1.55. The van der Waals surface area contributed by atoms with Crippen molar-refractivity contribution in [1.82, 2.24) is 4.98 Å². The molecule has 16 heavy (non-hydrogen) atoms. The van der Waals surface area contributed by atoms with Crippen LogP contribution in [0.2, 0.25) is 0 Å². The third kappa shape index (κ3) is 2.15. The molecule has 0 aromatic carbocycles. The molecule has 0 aliphatic carbocycles. The largest absolute Gasteiger partial charge is 0.463 e. The number of pyridine rings is 1. The summed E-state index contributed by atoms with van der Waals surface area (Å²) in [7, 11) is 1.92. The molecule has 86 valence electrons. The molecule has 0 spiro atoms. The summed E-state index contributed by atoms with van der Waals surface area (Å²) in [5.74, 6) is 1.36. The van der Waals surface area contributed by atoms with Gasteiger partial charge in [-0.3, -0.25) is 4.90 Å². The predicted octanol–water partition coefficient (Wildman–Crippen LogP) is 1.93. The first-order valence-electron chi connectivity index (χ1n) is 5.54. The zero-order chi connectivity index (χ0) is 11.5. The summed E-state index contributed by atoms with van der Waals surface area (Å²) in [5, 5.41) is 0. The van der Waals surface area contributed by atoms with Crippen molar-refractivity contribution in [1.29, 1.82) is 0 Å². The Bertz CT molecular complexity index is 375. The van der Waals surface area contributed by atoms with Crippen LogP contribution >= 0.6 is 0 Å². The van der Waals surface area contributed by atoms with Gasteiger partial charge < -0.3 is 4.74 Å². The average molecular weight is 219 g/mol. The van der Waals surface area contributed by atoms with Gasteiger partial charge in [-0.15, -0.1) is 0 Å². The Morgan fingerprint density at radius 3 is 2.81 bits per heavy atom. The van der Waals surface area contributed by atoms with Crippen LogP contribution in [0.1, 0.15) is 13.8 Å². The number of rotatable bonds is 2. The summed E-state index contributed by atoms with van der Waals surface area (Å²) < 4.78 is 5.58. The van der Waals surface area contributed by atoms with Gasteiger partial charge in [-0.25, -0.2) is 9.98 Å². The van der Waals surface area contributed by atoms with E-state index in [-0.39, 0.29) is 6.04 Å². The SMILES string of the molecule is CC(C)[C@H]1COC(N(C)c2ccccn2)=N1. The predicted molar refractivity (Wildman–Crippen MR) is 64.7 cm³/mol. The molecule has 2 heterocycles. The smallest absolute Gasteiger partial charge is 0.293 e. The Hall–Kier alpha value is -1.58. The standard InChI is InChI=1S/C12H17N3O/c1-9(2)10-8-16-12(14-10)15(3)11-6-4-5-7-13-11/h4-7,9-10H,8H2,1-3H3/t10-/m1/s1. The maximum atomic E-state index is 5.58. The molecule has 0 bridgehead atoms. The molecule has 4 nitrogen and oxygen atoms in total. The topological polar surface area (TPSA) is 37.7 Å². The van der Waals surface area contributed by atoms with Gasteiger partial charge in [-0.05, 0) is 18.1 Å². The van der Waals surface area contributed by atoms with Crippen LogP contribution in [-0.2, 0) is 4.74 Å². The fourth-order valence-corrected chi connectivity index (χ4v) is 1.55. The van der Waals surface area contributed by atoms with Gasteiger partial charge >= 0.3 is 0 Å². The van der Waals surface area contributed by atoms with Gasteiger partial charge in [-0.2, -0.15) is 0 Å². The van der Waals surface area contributed by atoms with Crippen molar-refractivity contribution in [3.05, 3.63) is 24.4 Å². The van der Waals surface area contributed by atoms with Crippen LogP contribution in [0, 0.1) is 5.92 Å². The van der Waals surface area contributed by atoms with E-state index in [0.717, 1.165) is 5.82 Å². The van der Waals surface area contributed by atoms with Crippen molar-refractivity contribution in [2.24, 2.45) is 10.9 Å². The Balaban J connectivity index is 2.12. The number of hydrogen-bond acceptors (Lipinski definition) is 4. The van der Waals surface area contributed by atoms with Gasteiger partial charge in [0.25, 0.3) is 6.02 Å². The quantitative estimate of drug-likeness (QED) is 0.762. The van der Waals surface area contributed by atoms with E-state index in [1.807, 2.05) is 30.1 Å². The van der Waals surface area contributed by atoms with Crippen LogP contribution in [0.15, 0.2) is 29.4 Å². The van der Waals surface area contributed by atoms with E-state index in [0.29, 0.717) is 18.5 Å². The lowest BCUT2D eigenvalue weighted by Crippen LogP contribution is -2.27. The summed E-state index contributed by atoms with van der Waals surface area (Å²) in [6.45, 7) is 4.98. The summed E-state index contributed by atoms with van der Waals surface area (Å²) in [6, 6.07) is 6.72. The minimum atomic E-state index is 0.265. The van der Waals surface area contributed by atoms with Crippen LogP contribution in [0.3, 0.4) is 0 Å². The van der Waals surface area contributed by atoms with E-state index in [1.165, 1.54) is 0 Å². The van der Waals surface area contributed by atoms with Crippen molar-refractivity contribution < 1.29 is 4.74 Å². The van der Waals surface area contributed by atoms with Crippen molar-refractivity contribution in [3.63, 3.8) is 0 Å². The molecule has 1 atom stereocenters. The van der Waals surface area contributed by atoms with E-state index in [4.69, 9.17) is 4.74 Å². The summed E-state index contributed by atoms with van der Waals surface area (Å²) in [5.41, 5.74) is 0. The van der Waals surface area contributed by atoms with E-state index < -0.39 is 0 Å². The van der Waals surface area contributed by atoms with Crippen LogP contribution in [0.5, 0.6) is 0 Å². The van der Waals surface area contributed by atoms with Crippen LogP contribution in [0.25, 0.3) is 0 Å². The Kier molecular flexibility index (Phi) is 3.08. The van der Waals surface area contributed by atoms with Gasteiger partial charge in [0.2, 0.25) is 0 Å². The molecule has 0 amide bonds. The lowest BCUT2D eigenvalue weighted by atomic mass is 10.1. The number of anilines is 1. The van der Waals surface area contributed by atoms with E-state index in [9.17, 15) is 0 Å². The Morgan fingerprint density at radius 1 is 1.44 bits per heavy atom. The number of nitrogens with zero attached hydrogens (tertiary/aromatic N) is 3. The highest BCUT2D eigenvalue weighted by Crippen LogP contribution is 2.17. The van der Waals surface area contributed by atoms with Crippen LogP contribution < -0.4 is 4.90 Å². The highest BCUT2D eigenvalue weighted by atomic mass is 16.5. The normalized spacial score (nSPS) is 19.5. The molecular formula is C12H17N3O. The minimum absolute atomic E-state index is 0.265. The lowest BCUT2D eigenvalue weighted by Gasteiger charge is -2.15. The average Bonchev–Trinajstić information content (AvgIpc) is 2.78. The van der Waals surface area contributed by atoms with E-state index in [1.54, 1.807) is 6.20 Å². The maximum Gasteiger partial charge on any atom is 0.293 e. The molecule has 0 fully saturated rings. The van der Waals surface area contributed by atoms with E-state index >= 15 is 0 Å². The van der Waals surface area contributed by atoms with Crippen molar-refractivity contribution in [2.45, 2.75) is 19.9 Å². The zero-order valence-corrected chi connectivity index (χ0v) is 9.92. The number of aromatic nitrogens is 1. The summed E-state index contributed by atoms with van der Waals surface area (Å²) >= 11 is 0. The lowest BCUT2D eigenvalue weighted by molar-refractivity contribution is 0.287. The number of hydrogen-bond donors (Lipinski definition) is 0. The first-order chi connectivity index (χ1) is 7.68. The maximum absolute atomic E-state index is 5.58. The number of ether oxygens (including phenoxy) is 1. The van der Waals surface area contributed by atoms with Crippen LogP contribution in [0.4, 0.5) is 5.82 Å².